The van der Waals surface area contributed by atoms with Crippen LogP contribution in [0.25, 0.3) is 6.08 Å². The molecule has 0 unspecified atom stereocenters. The van der Waals surface area contributed by atoms with Crippen LogP contribution in [0, 0.1) is 0 Å². The summed E-state index contributed by atoms with van der Waals surface area (Å²) < 4.78 is 30.6. The lowest BCUT2D eigenvalue weighted by Gasteiger charge is -2.03. The monoisotopic (exact) mass is 303 g/mol. The zero-order valence-electron chi connectivity index (χ0n) is 10.9. The molecule has 0 atom stereocenters. The van der Waals surface area contributed by atoms with E-state index in [1.165, 1.54) is 30.3 Å². The molecule has 2 N–H and O–H groups in total. The van der Waals surface area contributed by atoms with Crippen LogP contribution in [0.15, 0.2) is 65.6 Å². The molecule has 0 fully saturated rings. The van der Waals surface area contributed by atoms with Gasteiger partial charge in [-0.2, -0.15) is 8.42 Å². The summed E-state index contributed by atoms with van der Waals surface area (Å²) in [5.41, 5.74) is 1.33. The van der Waals surface area contributed by atoms with E-state index in [1.54, 1.807) is 6.08 Å². The highest BCUT2D eigenvalue weighted by Gasteiger charge is 2.08. The van der Waals surface area contributed by atoms with Crippen LogP contribution in [0.2, 0.25) is 0 Å². The van der Waals surface area contributed by atoms with Crippen molar-refractivity contribution in [2.45, 2.75) is 4.90 Å². The summed E-state index contributed by atoms with van der Waals surface area (Å²) in [7, 11) is -4.22. The van der Waals surface area contributed by atoms with Crippen LogP contribution < -0.4 is 5.32 Å². The molecular weight excluding hydrogens is 290 g/mol. The first kappa shape index (κ1) is 15.0. The Balaban J connectivity index is 2.02. The fourth-order valence-electron chi connectivity index (χ4n) is 1.63. The zero-order valence-corrected chi connectivity index (χ0v) is 11.7. The minimum atomic E-state index is -4.22. The van der Waals surface area contributed by atoms with Crippen molar-refractivity contribution >= 4 is 27.8 Å². The zero-order chi connectivity index (χ0) is 15.3. The van der Waals surface area contributed by atoms with Crippen molar-refractivity contribution in [2.75, 3.05) is 5.32 Å². The highest BCUT2D eigenvalue weighted by molar-refractivity contribution is 7.85. The maximum Gasteiger partial charge on any atom is 0.294 e. The third-order valence-corrected chi connectivity index (χ3v) is 3.51. The summed E-state index contributed by atoms with van der Waals surface area (Å²) in [5, 5.41) is 2.59. The van der Waals surface area contributed by atoms with E-state index in [0.717, 1.165) is 5.56 Å². The molecule has 0 aliphatic rings. The molecule has 0 saturated heterocycles. The van der Waals surface area contributed by atoms with Crippen LogP contribution in [0.4, 0.5) is 5.69 Å². The standard InChI is InChI=1S/C15H13NO4S/c17-15(11-6-12-4-2-1-3-5-12)16-13-7-9-14(10-8-13)21(18,19)20/h1-11H,(H,16,17)(H,18,19,20). The van der Waals surface area contributed by atoms with Gasteiger partial charge in [-0.3, -0.25) is 9.35 Å². The predicted molar refractivity (Wildman–Crippen MR) is 80.4 cm³/mol. The molecule has 6 heteroatoms. The van der Waals surface area contributed by atoms with Gasteiger partial charge in [-0.25, -0.2) is 0 Å². The van der Waals surface area contributed by atoms with Gasteiger partial charge in [-0.05, 0) is 35.9 Å². The van der Waals surface area contributed by atoms with Crippen molar-refractivity contribution in [2.24, 2.45) is 0 Å². The minimum absolute atomic E-state index is 0.222. The molecule has 1 amide bonds. The van der Waals surface area contributed by atoms with Crippen LogP contribution >= 0.6 is 0 Å². The second-order valence-electron chi connectivity index (χ2n) is 4.23. The minimum Gasteiger partial charge on any atom is -0.323 e. The van der Waals surface area contributed by atoms with Gasteiger partial charge in [0, 0.05) is 11.8 Å². The Hall–Kier alpha value is -2.44. The summed E-state index contributed by atoms with van der Waals surface area (Å²) in [5.74, 6) is -0.335. The van der Waals surface area contributed by atoms with Crippen molar-refractivity contribution in [3.63, 3.8) is 0 Å². The van der Waals surface area contributed by atoms with E-state index in [2.05, 4.69) is 5.32 Å². The molecule has 0 heterocycles. The lowest BCUT2D eigenvalue weighted by atomic mass is 10.2. The molecule has 2 aromatic carbocycles. The lowest BCUT2D eigenvalue weighted by molar-refractivity contribution is -0.111. The molecule has 0 aliphatic heterocycles. The Morgan fingerprint density at radius 2 is 1.62 bits per heavy atom. The number of carbonyl (C=O) groups excluding carboxylic acids is 1. The Kier molecular flexibility index (Phi) is 4.52. The molecule has 2 rings (SSSR count). The van der Waals surface area contributed by atoms with Crippen molar-refractivity contribution in [1.29, 1.82) is 0 Å². The number of amides is 1. The summed E-state index contributed by atoms with van der Waals surface area (Å²) in [4.78, 5) is 11.5. The van der Waals surface area contributed by atoms with E-state index in [1.807, 2.05) is 30.3 Å². The van der Waals surface area contributed by atoms with Crippen LogP contribution in [0.3, 0.4) is 0 Å². The van der Waals surface area contributed by atoms with Crippen LogP contribution in [0.1, 0.15) is 5.56 Å². The number of hydrogen-bond donors (Lipinski definition) is 2. The number of hydrogen-bond acceptors (Lipinski definition) is 3. The Morgan fingerprint density at radius 1 is 1.00 bits per heavy atom. The molecule has 0 radical (unpaired) electrons. The van der Waals surface area contributed by atoms with E-state index in [0.29, 0.717) is 5.69 Å². The van der Waals surface area contributed by atoms with Crippen molar-refractivity contribution in [3.05, 3.63) is 66.2 Å². The molecule has 0 aliphatic carbocycles. The highest BCUT2D eigenvalue weighted by atomic mass is 32.2. The molecule has 0 aromatic heterocycles. The van der Waals surface area contributed by atoms with Gasteiger partial charge in [0.1, 0.15) is 0 Å². The second kappa shape index (κ2) is 6.34. The number of anilines is 1. The number of benzene rings is 2. The van der Waals surface area contributed by atoms with Gasteiger partial charge < -0.3 is 5.32 Å². The second-order valence-corrected chi connectivity index (χ2v) is 5.65. The van der Waals surface area contributed by atoms with E-state index < -0.39 is 10.1 Å². The van der Waals surface area contributed by atoms with E-state index in [4.69, 9.17) is 4.55 Å². The molecule has 2 aromatic rings. The van der Waals surface area contributed by atoms with Crippen molar-refractivity contribution in [3.8, 4) is 0 Å². The quantitative estimate of drug-likeness (QED) is 0.671. The topological polar surface area (TPSA) is 83.5 Å². The first-order valence-corrected chi connectivity index (χ1v) is 7.51. The van der Waals surface area contributed by atoms with Crippen molar-refractivity contribution in [1.82, 2.24) is 0 Å². The molecule has 0 saturated carbocycles. The van der Waals surface area contributed by atoms with E-state index in [-0.39, 0.29) is 10.8 Å². The molecular formula is C15H13NO4S. The summed E-state index contributed by atoms with van der Waals surface area (Å²) >= 11 is 0. The average Bonchev–Trinajstić information content (AvgIpc) is 2.46. The Labute approximate surface area is 122 Å². The molecule has 108 valence electrons. The third-order valence-electron chi connectivity index (χ3n) is 2.65. The van der Waals surface area contributed by atoms with Gasteiger partial charge >= 0.3 is 0 Å². The van der Waals surface area contributed by atoms with Gasteiger partial charge in [0.05, 0.1) is 4.90 Å². The van der Waals surface area contributed by atoms with Gasteiger partial charge in [0.15, 0.2) is 0 Å². The fourth-order valence-corrected chi connectivity index (χ4v) is 2.11. The molecule has 21 heavy (non-hydrogen) atoms. The van der Waals surface area contributed by atoms with E-state index >= 15 is 0 Å². The SMILES string of the molecule is O=C(C=Cc1ccccc1)Nc1ccc(S(=O)(=O)O)cc1. The van der Waals surface area contributed by atoms with Gasteiger partial charge in [0.25, 0.3) is 10.1 Å². The van der Waals surface area contributed by atoms with Crippen LogP contribution in [-0.2, 0) is 14.9 Å². The number of nitrogens with one attached hydrogen (secondary N) is 1. The van der Waals surface area contributed by atoms with Gasteiger partial charge in [0.2, 0.25) is 5.91 Å². The van der Waals surface area contributed by atoms with Gasteiger partial charge in [-0.1, -0.05) is 30.3 Å². The predicted octanol–water partition coefficient (Wildman–Crippen LogP) is 2.59. The molecule has 0 bridgehead atoms. The normalized spacial score (nSPS) is 11.5. The maximum atomic E-state index is 11.7. The summed E-state index contributed by atoms with van der Waals surface area (Å²) in [6.45, 7) is 0. The number of carbonyl (C=O) groups is 1. The fraction of sp³-hybridized carbons (Fsp3) is 0. The molecule has 5 nitrogen and oxygen atoms in total. The average molecular weight is 303 g/mol. The summed E-state index contributed by atoms with van der Waals surface area (Å²) in [6, 6.07) is 14.6. The largest absolute Gasteiger partial charge is 0.323 e. The highest BCUT2D eigenvalue weighted by Crippen LogP contribution is 2.13. The Morgan fingerprint density at radius 3 is 2.19 bits per heavy atom. The first-order chi connectivity index (χ1) is 9.95. The lowest BCUT2D eigenvalue weighted by Crippen LogP contribution is -2.08. The first-order valence-electron chi connectivity index (χ1n) is 6.07. The van der Waals surface area contributed by atoms with Gasteiger partial charge in [-0.15, -0.1) is 0 Å². The third kappa shape index (κ3) is 4.55. The smallest absolute Gasteiger partial charge is 0.294 e. The summed E-state index contributed by atoms with van der Waals surface area (Å²) in [6.07, 6.45) is 3.05. The van der Waals surface area contributed by atoms with Crippen molar-refractivity contribution < 1.29 is 17.8 Å². The van der Waals surface area contributed by atoms with E-state index in [9.17, 15) is 13.2 Å². The Bertz CT molecular complexity index is 750. The van der Waals surface area contributed by atoms with Crippen LogP contribution in [-0.4, -0.2) is 18.9 Å². The maximum absolute atomic E-state index is 11.7. The van der Waals surface area contributed by atoms with Crippen LogP contribution in [0.5, 0.6) is 0 Å². The molecule has 0 spiro atoms. The number of rotatable bonds is 4.